The lowest BCUT2D eigenvalue weighted by Gasteiger charge is -2.12. The molecule has 4 nitrogen and oxygen atoms in total. The van der Waals surface area contributed by atoms with Crippen molar-refractivity contribution in [2.75, 3.05) is 6.61 Å². The minimum Gasteiger partial charge on any atom is -0.463 e. The first-order valence-corrected chi connectivity index (χ1v) is 8.72. The molecule has 1 aliphatic rings. The van der Waals surface area contributed by atoms with Crippen LogP contribution in [0.2, 0.25) is 0 Å². The Morgan fingerprint density at radius 1 is 1.17 bits per heavy atom. The van der Waals surface area contributed by atoms with Crippen molar-refractivity contribution in [2.45, 2.75) is 25.5 Å². The molecule has 4 rings (SSSR count). The van der Waals surface area contributed by atoms with Crippen LogP contribution in [0.3, 0.4) is 0 Å². The van der Waals surface area contributed by atoms with Crippen molar-refractivity contribution in [3.63, 3.8) is 0 Å². The molecule has 0 N–H and O–H groups in total. The largest absolute Gasteiger partial charge is 0.463 e. The van der Waals surface area contributed by atoms with Gasteiger partial charge in [0.05, 0.1) is 30.3 Å². The summed E-state index contributed by atoms with van der Waals surface area (Å²) in [5.74, 6) is 0.869. The smallest absolute Gasteiger partial charge is 0.190 e. The molecular formula is C18H18N2O2S. The maximum absolute atomic E-state index is 5.82. The highest BCUT2D eigenvalue weighted by Gasteiger charge is 2.19. The van der Waals surface area contributed by atoms with Crippen LogP contribution in [0.1, 0.15) is 12.8 Å². The molecule has 0 bridgehead atoms. The van der Waals surface area contributed by atoms with E-state index in [4.69, 9.17) is 14.1 Å². The zero-order chi connectivity index (χ0) is 15.5. The lowest BCUT2D eigenvalue weighted by atomic mass is 10.2. The molecule has 1 aromatic carbocycles. The third kappa shape index (κ3) is 3.16. The topological polar surface area (TPSA) is 39.7 Å². The van der Waals surface area contributed by atoms with Gasteiger partial charge < -0.3 is 13.7 Å². The Morgan fingerprint density at radius 3 is 2.83 bits per heavy atom. The Kier molecular flexibility index (Phi) is 4.13. The van der Waals surface area contributed by atoms with Crippen LogP contribution >= 0.6 is 11.3 Å². The molecule has 1 aliphatic heterocycles. The van der Waals surface area contributed by atoms with Gasteiger partial charge in [0.25, 0.3) is 0 Å². The normalized spacial score (nSPS) is 18.6. The van der Waals surface area contributed by atoms with Gasteiger partial charge in [0.1, 0.15) is 0 Å². The fourth-order valence-electron chi connectivity index (χ4n) is 2.82. The second-order valence-corrected chi connectivity index (χ2v) is 6.41. The van der Waals surface area contributed by atoms with Crippen LogP contribution < -0.4 is 4.80 Å². The highest BCUT2D eigenvalue weighted by molar-refractivity contribution is 7.07. The lowest BCUT2D eigenvalue weighted by molar-refractivity contribution is 0.0967. The number of benzene rings is 1. The highest BCUT2D eigenvalue weighted by atomic mass is 32.1. The van der Waals surface area contributed by atoms with Crippen LogP contribution in [0.4, 0.5) is 5.69 Å². The van der Waals surface area contributed by atoms with Gasteiger partial charge in [-0.2, -0.15) is 0 Å². The average molecular weight is 326 g/mol. The monoisotopic (exact) mass is 326 g/mol. The molecular weight excluding hydrogens is 308 g/mol. The summed E-state index contributed by atoms with van der Waals surface area (Å²) >= 11 is 1.63. The van der Waals surface area contributed by atoms with Crippen molar-refractivity contribution in [1.29, 1.82) is 0 Å². The number of ether oxygens (including phenoxy) is 1. The Labute approximate surface area is 138 Å². The highest BCUT2D eigenvalue weighted by Crippen LogP contribution is 2.23. The molecule has 0 saturated carbocycles. The van der Waals surface area contributed by atoms with Gasteiger partial charge in [0.15, 0.2) is 10.6 Å². The zero-order valence-corrected chi connectivity index (χ0v) is 13.5. The molecule has 0 radical (unpaired) electrons. The van der Waals surface area contributed by atoms with Gasteiger partial charge in [-0.15, -0.1) is 11.3 Å². The number of furan rings is 1. The Bertz CT molecular complexity index is 812. The van der Waals surface area contributed by atoms with Crippen molar-refractivity contribution in [2.24, 2.45) is 4.99 Å². The standard InChI is InChI=1S/C18H18N2O2S/c1-2-6-14(7-3-1)19-18-20(12-15-8-4-10-21-15)16(13-23-18)17-9-5-11-22-17/h1-3,5-7,9,11,13,15H,4,8,10,12H2. The summed E-state index contributed by atoms with van der Waals surface area (Å²) in [6.07, 6.45) is 4.20. The van der Waals surface area contributed by atoms with E-state index in [1.807, 2.05) is 42.5 Å². The molecule has 1 fully saturated rings. The molecule has 1 saturated heterocycles. The van der Waals surface area contributed by atoms with Crippen LogP contribution in [-0.2, 0) is 11.3 Å². The molecule has 0 amide bonds. The maximum Gasteiger partial charge on any atom is 0.190 e. The van der Waals surface area contributed by atoms with E-state index in [1.165, 1.54) is 0 Å². The van der Waals surface area contributed by atoms with Gasteiger partial charge >= 0.3 is 0 Å². The van der Waals surface area contributed by atoms with Gasteiger partial charge in [0.2, 0.25) is 0 Å². The fourth-order valence-corrected chi connectivity index (χ4v) is 3.74. The summed E-state index contributed by atoms with van der Waals surface area (Å²) in [6.45, 7) is 1.67. The molecule has 0 spiro atoms. The predicted octanol–water partition coefficient (Wildman–Crippen LogP) is 4.22. The summed E-state index contributed by atoms with van der Waals surface area (Å²) in [6, 6.07) is 13.9. The number of nitrogens with zero attached hydrogens (tertiary/aromatic N) is 2. The van der Waals surface area contributed by atoms with Gasteiger partial charge in [-0.3, -0.25) is 0 Å². The molecule has 23 heavy (non-hydrogen) atoms. The van der Waals surface area contributed by atoms with Crippen molar-refractivity contribution in [3.05, 3.63) is 58.9 Å². The van der Waals surface area contributed by atoms with E-state index in [0.29, 0.717) is 0 Å². The molecule has 5 heteroatoms. The fraction of sp³-hybridized carbons (Fsp3) is 0.278. The summed E-state index contributed by atoms with van der Waals surface area (Å²) < 4.78 is 13.6. The zero-order valence-electron chi connectivity index (χ0n) is 12.7. The summed E-state index contributed by atoms with van der Waals surface area (Å²) in [4.78, 5) is 5.77. The van der Waals surface area contributed by atoms with Crippen molar-refractivity contribution < 1.29 is 9.15 Å². The van der Waals surface area contributed by atoms with Gasteiger partial charge in [-0.25, -0.2) is 4.99 Å². The quantitative estimate of drug-likeness (QED) is 0.720. The van der Waals surface area contributed by atoms with Crippen LogP contribution in [-0.4, -0.2) is 17.3 Å². The number of aromatic nitrogens is 1. The van der Waals surface area contributed by atoms with E-state index in [1.54, 1.807) is 17.6 Å². The molecule has 2 aromatic heterocycles. The Balaban J connectivity index is 1.77. The van der Waals surface area contributed by atoms with E-state index in [2.05, 4.69) is 9.95 Å². The second kappa shape index (κ2) is 6.56. The van der Waals surface area contributed by atoms with E-state index < -0.39 is 0 Å². The number of rotatable bonds is 4. The average Bonchev–Trinajstić information content (AvgIpc) is 3.32. The van der Waals surface area contributed by atoms with Crippen molar-refractivity contribution >= 4 is 17.0 Å². The molecule has 1 atom stereocenters. The van der Waals surface area contributed by atoms with Crippen LogP contribution in [0.25, 0.3) is 11.5 Å². The SMILES string of the molecule is c1ccc(N=c2scc(-c3ccco3)n2CC2CCCO2)cc1. The van der Waals surface area contributed by atoms with E-state index in [-0.39, 0.29) is 6.10 Å². The van der Waals surface area contributed by atoms with Crippen LogP contribution in [0, 0.1) is 0 Å². The molecule has 1 unspecified atom stereocenters. The number of hydrogen-bond acceptors (Lipinski definition) is 4. The lowest BCUT2D eigenvalue weighted by Crippen LogP contribution is -2.23. The maximum atomic E-state index is 5.82. The molecule has 118 valence electrons. The molecule has 0 aliphatic carbocycles. The second-order valence-electron chi connectivity index (χ2n) is 5.57. The van der Waals surface area contributed by atoms with Gasteiger partial charge in [-0.1, -0.05) is 18.2 Å². The third-order valence-electron chi connectivity index (χ3n) is 3.96. The van der Waals surface area contributed by atoms with E-state index in [0.717, 1.165) is 47.9 Å². The van der Waals surface area contributed by atoms with Gasteiger partial charge in [0, 0.05) is 12.0 Å². The third-order valence-corrected chi connectivity index (χ3v) is 4.83. The van der Waals surface area contributed by atoms with Crippen LogP contribution in [0.15, 0.2) is 63.5 Å². The number of hydrogen-bond donors (Lipinski definition) is 0. The number of thiazole rings is 1. The first-order chi connectivity index (χ1) is 11.4. The van der Waals surface area contributed by atoms with Crippen molar-refractivity contribution in [1.82, 2.24) is 4.57 Å². The van der Waals surface area contributed by atoms with Gasteiger partial charge in [-0.05, 0) is 37.1 Å². The Hall–Kier alpha value is -2.11. The first-order valence-electron chi connectivity index (χ1n) is 7.84. The summed E-state index contributed by atoms with van der Waals surface area (Å²) in [5.41, 5.74) is 2.02. The minimum absolute atomic E-state index is 0.257. The first kappa shape index (κ1) is 14.5. The van der Waals surface area contributed by atoms with Crippen molar-refractivity contribution in [3.8, 4) is 11.5 Å². The van der Waals surface area contributed by atoms with E-state index in [9.17, 15) is 0 Å². The Morgan fingerprint density at radius 2 is 2.09 bits per heavy atom. The van der Waals surface area contributed by atoms with Crippen LogP contribution in [0.5, 0.6) is 0 Å². The van der Waals surface area contributed by atoms with E-state index >= 15 is 0 Å². The minimum atomic E-state index is 0.257. The molecule has 3 heterocycles. The number of para-hydroxylation sites is 1. The predicted molar refractivity (Wildman–Crippen MR) is 90.7 cm³/mol. The molecule has 3 aromatic rings. The summed E-state index contributed by atoms with van der Waals surface area (Å²) in [7, 11) is 0. The summed E-state index contributed by atoms with van der Waals surface area (Å²) in [5, 5.41) is 2.11.